The summed E-state index contributed by atoms with van der Waals surface area (Å²) in [6.45, 7) is 6.68. The van der Waals surface area contributed by atoms with Crippen molar-refractivity contribution in [3.63, 3.8) is 0 Å². The van der Waals surface area contributed by atoms with E-state index in [4.69, 9.17) is 11.6 Å². The molecule has 12 nitrogen and oxygen atoms in total. The first-order chi connectivity index (χ1) is 28.2. The number of urea groups is 1. The number of piperidine rings is 3. The quantitative estimate of drug-likeness (QED) is 0.151. The predicted molar refractivity (Wildman–Crippen MR) is 224 cm³/mol. The van der Waals surface area contributed by atoms with Crippen LogP contribution in [-0.2, 0) is 4.79 Å². The number of halogens is 2. The highest BCUT2D eigenvalue weighted by atomic mass is 35.5. The lowest BCUT2D eigenvalue weighted by Gasteiger charge is -2.38. The number of carbonyl (C=O) groups is 3. The molecule has 5 aromatic rings. The van der Waals surface area contributed by atoms with E-state index in [-0.39, 0.29) is 29.5 Å². The number of benzene rings is 3. The number of H-pyrrole nitrogens is 1. The molecule has 3 N–H and O–H groups in total. The van der Waals surface area contributed by atoms with E-state index >= 15 is 4.39 Å². The smallest absolute Gasteiger partial charge is 0.328 e. The maximum absolute atomic E-state index is 15.5. The Morgan fingerprint density at radius 2 is 1.64 bits per heavy atom. The van der Waals surface area contributed by atoms with Crippen LogP contribution < -0.4 is 25.3 Å². The number of nitriles is 1. The van der Waals surface area contributed by atoms with Gasteiger partial charge in [0.25, 0.3) is 5.91 Å². The van der Waals surface area contributed by atoms with E-state index in [1.807, 2.05) is 30.3 Å². The summed E-state index contributed by atoms with van der Waals surface area (Å²) in [7, 11) is 0. The second kappa shape index (κ2) is 16.0. The number of nitrogens with one attached hydrogen (secondary N) is 3. The van der Waals surface area contributed by atoms with Crippen LogP contribution in [0.3, 0.4) is 0 Å². The second-order valence-electron chi connectivity index (χ2n) is 16.2. The van der Waals surface area contributed by atoms with Crippen molar-refractivity contribution in [2.75, 3.05) is 67.1 Å². The Hall–Kier alpha value is -5.58. The molecule has 300 valence electrons. The van der Waals surface area contributed by atoms with Gasteiger partial charge in [0.2, 0.25) is 5.91 Å². The average molecular weight is 804 g/mol. The molecule has 0 spiro atoms. The largest absolute Gasteiger partial charge is 0.371 e. The third kappa shape index (κ3) is 7.47. The standard InChI is InChI=1S/C44H47ClFN9O3/c45-36-4-6-39(42-41(36)30(25-47)26-48-42)53-19-10-31(11-20-53)49-43(57)35-3-1-33(24-37(35)46)52-17-7-28(8-18-52)27-51-15-12-32(13-16-51)54-21-9-29-23-34(2-5-38(29)54)55-22-14-40(56)50-44(55)58/h1-6,9,21,23-24,26,28,31-32,48H,7-8,10-20,22,27H2,(H,49,57)(H,50,56,58). The van der Waals surface area contributed by atoms with Crippen molar-refractivity contribution >= 4 is 68.3 Å². The van der Waals surface area contributed by atoms with Crippen LogP contribution >= 0.6 is 11.6 Å². The first-order valence-corrected chi connectivity index (χ1v) is 20.8. The summed E-state index contributed by atoms with van der Waals surface area (Å²) in [6, 6.07) is 19.2. The molecule has 14 heteroatoms. The lowest BCUT2D eigenvalue weighted by atomic mass is 9.94. The topological polar surface area (TPSA) is 133 Å². The Morgan fingerprint density at radius 3 is 2.38 bits per heavy atom. The monoisotopic (exact) mass is 803 g/mol. The van der Waals surface area contributed by atoms with Gasteiger partial charge in [-0.15, -0.1) is 0 Å². The fourth-order valence-electron chi connectivity index (χ4n) is 9.52. The van der Waals surface area contributed by atoms with E-state index in [2.05, 4.69) is 59.3 Å². The van der Waals surface area contributed by atoms with E-state index in [1.165, 1.54) is 6.07 Å². The number of aromatic nitrogens is 2. The summed E-state index contributed by atoms with van der Waals surface area (Å²) in [4.78, 5) is 49.1. The molecule has 58 heavy (non-hydrogen) atoms. The Kier molecular flexibility index (Phi) is 10.5. The van der Waals surface area contributed by atoms with Gasteiger partial charge in [0.05, 0.1) is 27.4 Å². The number of hydrogen-bond acceptors (Lipinski definition) is 7. The lowest BCUT2D eigenvalue weighted by Crippen LogP contribution is -2.49. The van der Waals surface area contributed by atoms with E-state index in [0.717, 1.165) is 97.3 Å². The Bertz CT molecular complexity index is 2420. The molecule has 4 saturated heterocycles. The molecule has 4 aliphatic rings. The number of nitrogens with zero attached hydrogens (tertiary/aromatic N) is 6. The zero-order chi connectivity index (χ0) is 39.9. The van der Waals surface area contributed by atoms with Crippen molar-refractivity contribution < 1.29 is 18.8 Å². The number of aromatic amines is 1. The van der Waals surface area contributed by atoms with Crippen LogP contribution in [0.25, 0.3) is 21.8 Å². The molecule has 0 saturated carbocycles. The third-order valence-electron chi connectivity index (χ3n) is 12.8. The van der Waals surface area contributed by atoms with Gasteiger partial charge in [0, 0.05) is 111 Å². The van der Waals surface area contributed by atoms with Gasteiger partial charge in [-0.25, -0.2) is 9.18 Å². The van der Waals surface area contributed by atoms with Crippen LogP contribution in [0, 0.1) is 23.1 Å². The summed E-state index contributed by atoms with van der Waals surface area (Å²) in [6.07, 6.45) is 9.81. The Labute approximate surface area is 341 Å². The van der Waals surface area contributed by atoms with Gasteiger partial charge in [-0.1, -0.05) is 11.6 Å². The number of imide groups is 1. The Balaban J connectivity index is 0.727. The highest BCUT2D eigenvalue weighted by Gasteiger charge is 2.29. The molecule has 6 heterocycles. The summed E-state index contributed by atoms with van der Waals surface area (Å²) in [5.74, 6) is -0.524. The van der Waals surface area contributed by atoms with Crippen molar-refractivity contribution in [3.05, 3.63) is 89.0 Å². The van der Waals surface area contributed by atoms with Gasteiger partial charge < -0.3 is 29.6 Å². The van der Waals surface area contributed by atoms with Crippen LogP contribution in [0.1, 0.15) is 66.9 Å². The van der Waals surface area contributed by atoms with Gasteiger partial charge in [0.1, 0.15) is 11.9 Å². The number of fused-ring (bicyclic) bond motifs is 2. The fourth-order valence-corrected chi connectivity index (χ4v) is 9.78. The number of rotatable bonds is 8. The first kappa shape index (κ1) is 38.0. The molecule has 0 radical (unpaired) electrons. The van der Waals surface area contributed by atoms with Crippen molar-refractivity contribution in [2.45, 2.75) is 57.0 Å². The Morgan fingerprint density at radius 1 is 0.879 bits per heavy atom. The minimum Gasteiger partial charge on any atom is -0.371 e. The molecular formula is C44H47ClFN9O3. The second-order valence-corrected chi connectivity index (χ2v) is 16.6. The summed E-state index contributed by atoms with van der Waals surface area (Å²) in [5.41, 5.74) is 5.18. The minimum atomic E-state index is -0.496. The molecular weight excluding hydrogens is 757 g/mol. The van der Waals surface area contributed by atoms with Crippen molar-refractivity contribution in [1.29, 1.82) is 5.26 Å². The van der Waals surface area contributed by atoms with Crippen LogP contribution in [0.4, 0.5) is 26.2 Å². The third-order valence-corrected chi connectivity index (χ3v) is 13.1. The van der Waals surface area contributed by atoms with Crippen molar-refractivity contribution in [1.82, 2.24) is 25.1 Å². The summed E-state index contributed by atoms with van der Waals surface area (Å²) < 4.78 is 17.8. The van der Waals surface area contributed by atoms with Gasteiger partial charge >= 0.3 is 6.03 Å². The lowest BCUT2D eigenvalue weighted by molar-refractivity contribution is -0.120. The highest BCUT2D eigenvalue weighted by Crippen LogP contribution is 2.36. The number of amides is 4. The van der Waals surface area contributed by atoms with E-state index in [1.54, 1.807) is 17.2 Å². The normalized spacial score (nSPS) is 19.2. The van der Waals surface area contributed by atoms with E-state index < -0.39 is 5.82 Å². The van der Waals surface area contributed by atoms with Crippen molar-refractivity contribution in [2.24, 2.45) is 5.92 Å². The number of likely N-dealkylation sites (tertiary alicyclic amines) is 1. The highest BCUT2D eigenvalue weighted by molar-refractivity contribution is 6.36. The predicted octanol–water partition coefficient (Wildman–Crippen LogP) is 7.19. The number of carbonyl (C=O) groups excluding carboxylic acids is 3. The molecule has 4 fully saturated rings. The maximum Gasteiger partial charge on any atom is 0.328 e. The molecule has 0 bridgehead atoms. The van der Waals surface area contributed by atoms with Crippen LogP contribution in [0.2, 0.25) is 5.02 Å². The van der Waals surface area contributed by atoms with E-state index in [9.17, 15) is 19.6 Å². The van der Waals surface area contributed by atoms with Crippen molar-refractivity contribution in [3.8, 4) is 6.07 Å². The molecule has 4 amide bonds. The molecule has 4 aliphatic heterocycles. The van der Waals surface area contributed by atoms with Gasteiger partial charge in [-0.3, -0.25) is 19.8 Å². The van der Waals surface area contributed by atoms with Gasteiger partial charge in [-0.2, -0.15) is 5.26 Å². The molecule has 0 unspecified atom stereocenters. The summed E-state index contributed by atoms with van der Waals surface area (Å²) >= 11 is 6.40. The molecule has 2 aromatic heterocycles. The summed E-state index contributed by atoms with van der Waals surface area (Å²) in [5, 5.41) is 17.3. The minimum absolute atomic E-state index is 0.0666. The number of hydrogen-bond donors (Lipinski definition) is 3. The molecule has 0 atom stereocenters. The molecule has 3 aromatic carbocycles. The van der Waals surface area contributed by atoms with E-state index in [0.29, 0.717) is 61.4 Å². The molecule has 9 rings (SSSR count). The zero-order valence-corrected chi connectivity index (χ0v) is 33.1. The van der Waals surface area contributed by atoms with Crippen LogP contribution in [0.5, 0.6) is 0 Å². The average Bonchev–Trinajstić information content (AvgIpc) is 3.87. The van der Waals surface area contributed by atoms with Gasteiger partial charge in [0.15, 0.2) is 0 Å². The maximum atomic E-state index is 15.5. The molecule has 0 aliphatic carbocycles. The number of anilines is 3. The van der Waals surface area contributed by atoms with Crippen LogP contribution in [0.15, 0.2) is 67.0 Å². The first-order valence-electron chi connectivity index (χ1n) is 20.5. The van der Waals surface area contributed by atoms with Gasteiger partial charge in [-0.05, 0) is 99.0 Å². The SMILES string of the molecule is N#Cc1c[nH]c2c(N3CCC(NC(=O)c4ccc(N5CCC(CN6CCC(n7ccc8cc(N9CCC(=O)NC9=O)ccc87)CC6)CC5)cc4F)CC3)ccc(Cl)c12. The van der Waals surface area contributed by atoms with Crippen LogP contribution in [-0.4, -0.2) is 90.7 Å². The fraction of sp³-hybridized carbons (Fsp3) is 0.409. The zero-order valence-electron chi connectivity index (χ0n) is 32.4.